The SMILES string of the molecule is CCCc1cc(C(=O)Nc2ncc(C)s2)cc(Cl)n1. The van der Waals surface area contributed by atoms with Crippen LogP contribution in [0.5, 0.6) is 0 Å². The van der Waals surface area contributed by atoms with E-state index in [1.54, 1.807) is 18.3 Å². The minimum absolute atomic E-state index is 0.212. The van der Waals surface area contributed by atoms with Gasteiger partial charge in [0.15, 0.2) is 5.13 Å². The standard InChI is InChI=1S/C13H14ClN3OS/c1-3-4-10-5-9(6-11(14)16-10)12(18)17-13-15-7-8(2)19-13/h5-7H,3-4H2,1-2H3,(H,15,17,18). The second-order valence-electron chi connectivity index (χ2n) is 4.15. The molecule has 0 atom stereocenters. The Bertz CT molecular complexity index is 597. The van der Waals surface area contributed by atoms with Gasteiger partial charge < -0.3 is 0 Å². The topological polar surface area (TPSA) is 54.9 Å². The molecule has 0 aromatic carbocycles. The summed E-state index contributed by atoms with van der Waals surface area (Å²) in [5, 5.41) is 3.69. The monoisotopic (exact) mass is 295 g/mol. The van der Waals surface area contributed by atoms with Crippen LogP contribution in [0.15, 0.2) is 18.3 Å². The van der Waals surface area contributed by atoms with E-state index in [2.05, 4.69) is 22.2 Å². The van der Waals surface area contributed by atoms with E-state index in [-0.39, 0.29) is 5.91 Å². The first kappa shape index (κ1) is 14.0. The molecule has 0 aliphatic rings. The van der Waals surface area contributed by atoms with Crippen molar-refractivity contribution < 1.29 is 4.79 Å². The van der Waals surface area contributed by atoms with Crippen LogP contribution in [0.2, 0.25) is 5.15 Å². The number of hydrogen-bond donors (Lipinski definition) is 1. The number of rotatable bonds is 4. The van der Waals surface area contributed by atoms with Crippen LogP contribution in [0.3, 0.4) is 0 Å². The number of aromatic nitrogens is 2. The number of carbonyl (C=O) groups is 1. The molecule has 2 heterocycles. The molecule has 2 aromatic heterocycles. The van der Waals surface area contributed by atoms with Crippen molar-refractivity contribution in [3.63, 3.8) is 0 Å². The van der Waals surface area contributed by atoms with E-state index >= 15 is 0 Å². The van der Waals surface area contributed by atoms with Crippen molar-refractivity contribution in [3.8, 4) is 0 Å². The molecular formula is C13H14ClN3OS. The van der Waals surface area contributed by atoms with E-state index in [1.165, 1.54) is 11.3 Å². The minimum atomic E-state index is -0.212. The molecule has 2 aromatic rings. The Labute approximate surface area is 120 Å². The predicted molar refractivity (Wildman–Crippen MR) is 78.0 cm³/mol. The lowest BCUT2D eigenvalue weighted by Gasteiger charge is -2.05. The summed E-state index contributed by atoms with van der Waals surface area (Å²) in [4.78, 5) is 21.4. The highest BCUT2D eigenvalue weighted by atomic mass is 35.5. The van der Waals surface area contributed by atoms with Gasteiger partial charge in [0.25, 0.3) is 5.91 Å². The van der Waals surface area contributed by atoms with Crippen molar-refractivity contribution in [3.05, 3.63) is 39.6 Å². The van der Waals surface area contributed by atoms with Gasteiger partial charge in [0.1, 0.15) is 5.15 Å². The molecule has 4 nitrogen and oxygen atoms in total. The fraction of sp³-hybridized carbons (Fsp3) is 0.308. The Morgan fingerprint density at radius 1 is 1.47 bits per heavy atom. The number of nitrogens with zero attached hydrogens (tertiary/aromatic N) is 2. The summed E-state index contributed by atoms with van der Waals surface area (Å²) < 4.78 is 0. The lowest BCUT2D eigenvalue weighted by molar-refractivity contribution is 0.102. The van der Waals surface area contributed by atoms with E-state index in [4.69, 9.17) is 11.6 Å². The Balaban J connectivity index is 2.18. The van der Waals surface area contributed by atoms with Gasteiger partial charge in [-0.05, 0) is 25.5 Å². The third kappa shape index (κ3) is 3.75. The third-order valence-corrected chi connectivity index (χ3v) is 3.48. The highest BCUT2D eigenvalue weighted by molar-refractivity contribution is 7.15. The van der Waals surface area contributed by atoms with Crippen LogP contribution in [0, 0.1) is 6.92 Å². The maximum atomic E-state index is 12.1. The quantitative estimate of drug-likeness (QED) is 0.875. The van der Waals surface area contributed by atoms with Crippen molar-refractivity contribution in [1.82, 2.24) is 9.97 Å². The number of amides is 1. The maximum Gasteiger partial charge on any atom is 0.257 e. The van der Waals surface area contributed by atoms with E-state index in [0.29, 0.717) is 15.8 Å². The average Bonchev–Trinajstić information content (AvgIpc) is 2.74. The minimum Gasteiger partial charge on any atom is -0.298 e. The predicted octanol–water partition coefficient (Wildman–Crippen LogP) is 3.70. The van der Waals surface area contributed by atoms with Gasteiger partial charge in [-0.2, -0.15) is 0 Å². The van der Waals surface area contributed by atoms with Gasteiger partial charge >= 0.3 is 0 Å². The van der Waals surface area contributed by atoms with Crippen molar-refractivity contribution in [1.29, 1.82) is 0 Å². The van der Waals surface area contributed by atoms with Gasteiger partial charge in [-0.15, -0.1) is 11.3 Å². The molecule has 0 bridgehead atoms. The molecule has 1 N–H and O–H groups in total. The molecule has 0 saturated carbocycles. The second kappa shape index (κ2) is 6.12. The lowest BCUT2D eigenvalue weighted by atomic mass is 10.1. The Hall–Kier alpha value is -1.46. The van der Waals surface area contributed by atoms with E-state index in [0.717, 1.165) is 23.4 Å². The van der Waals surface area contributed by atoms with Gasteiger partial charge in [-0.1, -0.05) is 24.9 Å². The first-order valence-electron chi connectivity index (χ1n) is 5.98. The first-order valence-corrected chi connectivity index (χ1v) is 7.18. The zero-order chi connectivity index (χ0) is 13.8. The molecular weight excluding hydrogens is 282 g/mol. The average molecular weight is 296 g/mol. The second-order valence-corrected chi connectivity index (χ2v) is 5.77. The van der Waals surface area contributed by atoms with Crippen molar-refractivity contribution in [2.24, 2.45) is 0 Å². The molecule has 19 heavy (non-hydrogen) atoms. The zero-order valence-electron chi connectivity index (χ0n) is 10.7. The Morgan fingerprint density at radius 3 is 2.89 bits per heavy atom. The van der Waals surface area contributed by atoms with Crippen LogP contribution in [-0.4, -0.2) is 15.9 Å². The van der Waals surface area contributed by atoms with Gasteiger partial charge in [-0.3, -0.25) is 10.1 Å². The highest BCUT2D eigenvalue weighted by Gasteiger charge is 2.11. The summed E-state index contributed by atoms with van der Waals surface area (Å²) in [6, 6.07) is 3.34. The van der Waals surface area contributed by atoms with Gasteiger partial charge in [0, 0.05) is 22.3 Å². The Morgan fingerprint density at radius 2 is 2.26 bits per heavy atom. The summed E-state index contributed by atoms with van der Waals surface area (Å²) in [5.74, 6) is -0.212. The van der Waals surface area contributed by atoms with E-state index in [9.17, 15) is 4.79 Å². The lowest BCUT2D eigenvalue weighted by Crippen LogP contribution is -2.12. The normalized spacial score (nSPS) is 10.5. The van der Waals surface area contributed by atoms with E-state index in [1.807, 2.05) is 6.92 Å². The summed E-state index contributed by atoms with van der Waals surface area (Å²) in [6.07, 6.45) is 3.49. The van der Waals surface area contributed by atoms with Crippen LogP contribution in [-0.2, 0) is 6.42 Å². The molecule has 1 amide bonds. The summed E-state index contributed by atoms with van der Waals surface area (Å²) in [5.41, 5.74) is 1.34. The van der Waals surface area contributed by atoms with Crippen molar-refractivity contribution in [2.45, 2.75) is 26.7 Å². The van der Waals surface area contributed by atoms with Crippen molar-refractivity contribution >= 4 is 34.0 Å². The number of aryl methyl sites for hydroxylation is 2. The number of pyridine rings is 1. The number of anilines is 1. The van der Waals surface area contributed by atoms with Crippen LogP contribution in [0.25, 0.3) is 0 Å². The zero-order valence-corrected chi connectivity index (χ0v) is 12.3. The van der Waals surface area contributed by atoms with Gasteiger partial charge in [0.05, 0.1) is 0 Å². The Kier molecular flexibility index (Phi) is 4.50. The molecule has 0 unspecified atom stereocenters. The van der Waals surface area contributed by atoms with Crippen LogP contribution in [0.1, 0.15) is 34.3 Å². The number of nitrogens with one attached hydrogen (secondary N) is 1. The number of thiazole rings is 1. The number of hydrogen-bond acceptors (Lipinski definition) is 4. The summed E-state index contributed by atoms with van der Waals surface area (Å²) in [7, 11) is 0. The van der Waals surface area contributed by atoms with Crippen molar-refractivity contribution in [2.75, 3.05) is 5.32 Å². The molecule has 6 heteroatoms. The van der Waals surface area contributed by atoms with E-state index < -0.39 is 0 Å². The fourth-order valence-electron chi connectivity index (χ4n) is 1.65. The van der Waals surface area contributed by atoms with Gasteiger partial charge in [0.2, 0.25) is 0 Å². The van der Waals surface area contributed by atoms with Gasteiger partial charge in [-0.25, -0.2) is 9.97 Å². The third-order valence-electron chi connectivity index (χ3n) is 2.46. The maximum absolute atomic E-state index is 12.1. The summed E-state index contributed by atoms with van der Waals surface area (Å²) >= 11 is 7.37. The molecule has 0 spiro atoms. The number of carbonyl (C=O) groups excluding carboxylic acids is 1. The van der Waals surface area contributed by atoms with Crippen LogP contribution in [0.4, 0.5) is 5.13 Å². The first-order chi connectivity index (χ1) is 9.08. The summed E-state index contributed by atoms with van der Waals surface area (Å²) in [6.45, 7) is 4.00. The molecule has 0 aliphatic carbocycles. The smallest absolute Gasteiger partial charge is 0.257 e. The fourth-order valence-corrected chi connectivity index (χ4v) is 2.53. The molecule has 0 saturated heterocycles. The molecule has 0 radical (unpaired) electrons. The molecule has 0 fully saturated rings. The number of halogens is 1. The molecule has 0 aliphatic heterocycles. The molecule has 100 valence electrons. The van der Waals surface area contributed by atoms with Crippen LogP contribution < -0.4 is 5.32 Å². The highest BCUT2D eigenvalue weighted by Crippen LogP contribution is 2.19. The molecule has 2 rings (SSSR count). The largest absolute Gasteiger partial charge is 0.298 e. The van der Waals surface area contributed by atoms with Crippen LogP contribution >= 0.6 is 22.9 Å².